The molecule has 0 radical (unpaired) electrons. The summed E-state index contributed by atoms with van der Waals surface area (Å²) in [4.78, 5) is 13.1. The van der Waals surface area contributed by atoms with E-state index in [2.05, 4.69) is 5.32 Å². The topological polar surface area (TPSA) is 88.9 Å². The maximum Gasteiger partial charge on any atom is 0.291 e. The van der Waals surface area contributed by atoms with Crippen molar-refractivity contribution in [2.45, 2.75) is 37.5 Å². The van der Waals surface area contributed by atoms with Crippen LogP contribution in [-0.2, 0) is 10.0 Å². The number of aryl methyl sites for hydroxylation is 1. The van der Waals surface area contributed by atoms with Gasteiger partial charge in [-0.05, 0) is 56.2 Å². The highest BCUT2D eigenvalue weighted by atomic mass is 35.5. The van der Waals surface area contributed by atoms with Crippen LogP contribution in [0.2, 0.25) is 5.02 Å². The minimum absolute atomic E-state index is 0.114. The second kappa shape index (κ2) is 9.13. The molecule has 32 heavy (non-hydrogen) atoms. The molecule has 0 atom stereocenters. The molecule has 1 aliphatic rings. The van der Waals surface area contributed by atoms with Crippen LogP contribution in [0.3, 0.4) is 0 Å². The maximum absolute atomic E-state index is 13.2. The number of ether oxygens (including phenoxy) is 1. The Morgan fingerprint density at radius 3 is 2.50 bits per heavy atom. The zero-order valence-electron chi connectivity index (χ0n) is 18.0. The number of anilines is 1. The van der Waals surface area contributed by atoms with Crippen LogP contribution in [0.15, 0.2) is 45.7 Å². The summed E-state index contributed by atoms with van der Waals surface area (Å²) in [5.41, 5.74) is 1.44. The molecular formula is C23H25ClN2O5S. The summed E-state index contributed by atoms with van der Waals surface area (Å²) < 4.78 is 39.0. The number of sulfonamides is 1. The molecule has 3 aromatic rings. The highest BCUT2D eigenvalue weighted by Gasteiger charge is 2.27. The molecule has 0 aliphatic carbocycles. The quantitative estimate of drug-likeness (QED) is 0.545. The fourth-order valence-corrected chi connectivity index (χ4v) is 5.68. The highest BCUT2D eigenvalue weighted by molar-refractivity contribution is 7.89. The van der Waals surface area contributed by atoms with Crippen LogP contribution in [0.4, 0.5) is 5.69 Å². The molecule has 1 fully saturated rings. The summed E-state index contributed by atoms with van der Waals surface area (Å²) in [5, 5.41) is 4.03. The number of furan rings is 1. The Bertz CT molecular complexity index is 1260. The number of halogens is 1. The van der Waals surface area contributed by atoms with E-state index in [1.54, 1.807) is 31.2 Å². The Hall–Kier alpha value is -2.55. The lowest BCUT2D eigenvalue weighted by Crippen LogP contribution is -2.32. The molecule has 4 rings (SSSR count). The van der Waals surface area contributed by atoms with Crippen LogP contribution < -0.4 is 10.1 Å². The van der Waals surface area contributed by atoms with Gasteiger partial charge in [-0.3, -0.25) is 4.79 Å². The van der Waals surface area contributed by atoms with Gasteiger partial charge >= 0.3 is 0 Å². The van der Waals surface area contributed by atoms with Gasteiger partial charge in [0, 0.05) is 29.1 Å². The van der Waals surface area contributed by atoms with Crippen molar-refractivity contribution < 1.29 is 22.4 Å². The monoisotopic (exact) mass is 476 g/mol. The molecule has 2 heterocycles. The van der Waals surface area contributed by atoms with Crippen LogP contribution >= 0.6 is 11.6 Å². The molecule has 0 bridgehead atoms. The SMILES string of the molecule is COc1ccc(S(=O)(=O)N2CCCCCC2)cc1NC(=O)c1oc2ccc(Cl)cc2c1C. The average Bonchev–Trinajstić information content (AvgIpc) is 2.95. The number of nitrogens with zero attached hydrogens (tertiary/aromatic N) is 1. The maximum atomic E-state index is 13.2. The summed E-state index contributed by atoms with van der Waals surface area (Å²) in [7, 11) is -2.22. The van der Waals surface area contributed by atoms with E-state index >= 15 is 0 Å². The van der Waals surface area contributed by atoms with E-state index in [-0.39, 0.29) is 16.3 Å². The number of nitrogens with one attached hydrogen (secondary N) is 1. The van der Waals surface area contributed by atoms with E-state index in [9.17, 15) is 13.2 Å². The van der Waals surface area contributed by atoms with Gasteiger partial charge in [-0.15, -0.1) is 0 Å². The third kappa shape index (κ3) is 4.35. The molecule has 1 aliphatic heterocycles. The van der Waals surface area contributed by atoms with Gasteiger partial charge < -0.3 is 14.5 Å². The predicted molar refractivity (Wildman–Crippen MR) is 124 cm³/mol. The molecular weight excluding hydrogens is 452 g/mol. The van der Waals surface area contributed by atoms with E-state index in [1.807, 2.05) is 0 Å². The second-order valence-corrected chi connectivity index (χ2v) is 10.2. The van der Waals surface area contributed by atoms with Gasteiger partial charge in [-0.2, -0.15) is 4.31 Å². The molecule has 170 valence electrons. The number of methoxy groups -OCH3 is 1. The molecule has 0 unspecified atom stereocenters. The van der Waals surface area contributed by atoms with E-state index in [4.69, 9.17) is 20.8 Å². The van der Waals surface area contributed by atoms with Crippen LogP contribution in [-0.4, -0.2) is 38.8 Å². The standard InChI is InChI=1S/C23H25ClN2O5S/c1-15-18-13-16(24)7-9-20(18)31-22(15)23(27)25-19-14-17(8-10-21(19)30-2)32(28,29)26-11-5-3-4-6-12-26/h7-10,13-14H,3-6,11-12H2,1-2H3,(H,25,27). The van der Waals surface area contributed by atoms with Gasteiger partial charge in [0.05, 0.1) is 17.7 Å². The van der Waals surface area contributed by atoms with E-state index in [0.29, 0.717) is 35.0 Å². The first-order valence-corrected chi connectivity index (χ1v) is 12.3. The van der Waals surface area contributed by atoms with Gasteiger partial charge in [0.15, 0.2) is 5.76 Å². The van der Waals surface area contributed by atoms with Crippen molar-refractivity contribution in [3.8, 4) is 5.75 Å². The van der Waals surface area contributed by atoms with Crippen LogP contribution in [0.1, 0.15) is 41.8 Å². The number of amides is 1. The molecule has 0 saturated carbocycles. The lowest BCUT2D eigenvalue weighted by molar-refractivity contribution is 0.0997. The van der Waals surface area contributed by atoms with E-state index < -0.39 is 15.9 Å². The van der Waals surface area contributed by atoms with Crippen molar-refractivity contribution in [2.75, 3.05) is 25.5 Å². The van der Waals surface area contributed by atoms with E-state index in [0.717, 1.165) is 31.1 Å². The van der Waals surface area contributed by atoms with Gasteiger partial charge in [-0.25, -0.2) is 8.42 Å². The Labute approximate surface area is 192 Å². The van der Waals surface area contributed by atoms with Crippen molar-refractivity contribution in [3.63, 3.8) is 0 Å². The van der Waals surface area contributed by atoms with Crippen molar-refractivity contribution in [1.82, 2.24) is 4.31 Å². The Balaban J connectivity index is 1.66. The minimum atomic E-state index is -3.68. The van der Waals surface area contributed by atoms with Crippen LogP contribution in [0.25, 0.3) is 11.0 Å². The second-order valence-electron chi connectivity index (χ2n) is 7.83. The number of hydrogen-bond acceptors (Lipinski definition) is 5. The average molecular weight is 477 g/mol. The molecule has 1 amide bonds. The highest BCUT2D eigenvalue weighted by Crippen LogP contribution is 2.32. The molecule has 2 aromatic carbocycles. The molecule has 1 aromatic heterocycles. The third-order valence-corrected chi connectivity index (χ3v) is 7.86. The normalized spacial score (nSPS) is 15.5. The summed E-state index contributed by atoms with van der Waals surface area (Å²) in [6.45, 7) is 2.77. The van der Waals surface area contributed by atoms with Gasteiger partial charge in [0.1, 0.15) is 11.3 Å². The Kier molecular flexibility index (Phi) is 6.46. The van der Waals surface area contributed by atoms with E-state index in [1.165, 1.54) is 23.5 Å². The summed E-state index contributed by atoms with van der Waals surface area (Å²) in [6, 6.07) is 9.62. The smallest absolute Gasteiger partial charge is 0.291 e. The van der Waals surface area contributed by atoms with Crippen LogP contribution in [0.5, 0.6) is 5.75 Å². The number of fused-ring (bicyclic) bond motifs is 1. The number of carbonyl (C=O) groups excluding carboxylic acids is 1. The van der Waals surface area contributed by atoms with Crippen molar-refractivity contribution >= 4 is 44.2 Å². The number of carbonyl (C=O) groups is 1. The lowest BCUT2D eigenvalue weighted by Gasteiger charge is -2.21. The first-order chi connectivity index (χ1) is 15.3. The number of benzene rings is 2. The van der Waals surface area contributed by atoms with Crippen molar-refractivity contribution in [1.29, 1.82) is 0 Å². The predicted octanol–water partition coefficient (Wildman–Crippen LogP) is 5.22. The summed E-state index contributed by atoms with van der Waals surface area (Å²) >= 11 is 6.06. The van der Waals surface area contributed by atoms with Crippen LogP contribution in [0, 0.1) is 6.92 Å². The van der Waals surface area contributed by atoms with Crippen molar-refractivity contribution in [3.05, 3.63) is 52.7 Å². The zero-order valence-corrected chi connectivity index (χ0v) is 19.6. The van der Waals surface area contributed by atoms with Gasteiger partial charge in [0.2, 0.25) is 10.0 Å². The third-order valence-electron chi connectivity index (χ3n) is 5.73. The zero-order chi connectivity index (χ0) is 22.9. The summed E-state index contributed by atoms with van der Waals surface area (Å²) in [5.74, 6) is -0.0208. The molecule has 7 nitrogen and oxygen atoms in total. The Morgan fingerprint density at radius 2 is 1.81 bits per heavy atom. The van der Waals surface area contributed by atoms with Gasteiger partial charge in [0.25, 0.3) is 5.91 Å². The summed E-state index contributed by atoms with van der Waals surface area (Å²) in [6.07, 6.45) is 3.73. The molecule has 9 heteroatoms. The fourth-order valence-electron chi connectivity index (χ4n) is 3.97. The molecule has 1 saturated heterocycles. The lowest BCUT2D eigenvalue weighted by atomic mass is 10.1. The first kappa shape index (κ1) is 22.6. The fraction of sp³-hybridized carbons (Fsp3) is 0.348. The largest absolute Gasteiger partial charge is 0.495 e. The number of hydrogen-bond donors (Lipinski definition) is 1. The number of rotatable bonds is 5. The van der Waals surface area contributed by atoms with Crippen molar-refractivity contribution in [2.24, 2.45) is 0 Å². The Morgan fingerprint density at radius 1 is 1.09 bits per heavy atom. The molecule has 1 N–H and O–H groups in total. The molecule has 0 spiro atoms. The first-order valence-electron chi connectivity index (χ1n) is 10.5. The van der Waals surface area contributed by atoms with Gasteiger partial charge in [-0.1, -0.05) is 24.4 Å². The minimum Gasteiger partial charge on any atom is -0.495 e.